The van der Waals surface area contributed by atoms with E-state index in [-0.39, 0.29) is 24.4 Å². The Labute approximate surface area is 170 Å². The molecule has 1 aromatic rings. The first kappa shape index (κ1) is 24.5. The minimum absolute atomic E-state index is 0. The van der Waals surface area contributed by atoms with Crippen molar-refractivity contribution < 1.29 is 22.7 Å². The van der Waals surface area contributed by atoms with Crippen LogP contribution in [-0.2, 0) is 10.2 Å². The number of carbonyl (C=O) groups excluding carboxylic acids is 1. The summed E-state index contributed by atoms with van der Waals surface area (Å²) in [5.74, 6) is -0.0630. The molecule has 1 aliphatic rings. The lowest BCUT2D eigenvalue weighted by Crippen LogP contribution is -2.57. The Hall–Kier alpha value is -1.51. The minimum atomic E-state index is -4.39. The second kappa shape index (κ2) is 10.3. The van der Waals surface area contributed by atoms with Gasteiger partial charge in [0.25, 0.3) is 5.91 Å². The molecule has 0 saturated carbocycles. The van der Waals surface area contributed by atoms with Crippen LogP contribution in [0.3, 0.4) is 0 Å². The number of amides is 1. The highest BCUT2D eigenvalue weighted by Gasteiger charge is 2.43. The molecule has 2 N–H and O–H groups in total. The molecule has 1 amide bonds. The molecule has 9 heteroatoms. The Kier molecular flexibility index (Phi) is 9.04. The van der Waals surface area contributed by atoms with Crippen molar-refractivity contribution in [3.05, 3.63) is 29.8 Å². The van der Waals surface area contributed by atoms with Crippen LogP contribution in [0.25, 0.3) is 0 Å². The van der Waals surface area contributed by atoms with E-state index in [0.717, 1.165) is 5.56 Å². The number of hydrogen-bond acceptors (Lipinski definition) is 4. The molecule has 1 fully saturated rings. The molecule has 1 aromatic carbocycles. The summed E-state index contributed by atoms with van der Waals surface area (Å²) in [7, 11) is 0. The smallest absolute Gasteiger partial charge is 0.405 e. The molecule has 0 bridgehead atoms. The predicted molar refractivity (Wildman–Crippen MR) is 105 cm³/mol. The van der Waals surface area contributed by atoms with Crippen LogP contribution >= 0.6 is 12.4 Å². The van der Waals surface area contributed by atoms with Crippen LogP contribution in [0.4, 0.5) is 13.2 Å². The maximum absolute atomic E-state index is 13.3. The Morgan fingerprint density at radius 2 is 1.75 bits per heavy atom. The monoisotopic (exact) mass is 423 g/mol. The number of nitrogens with one attached hydrogen (secondary N) is 2. The molecule has 1 saturated heterocycles. The maximum Gasteiger partial charge on any atom is 0.405 e. The molecule has 0 aliphatic carbocycles. The van der Waals surface area contributed by atoms with Gasteiger partial charge in [0.2, 0.25) is 0 Å². The highest BCUT2D eigenvalue weighted by atomic mass is 35.5. The number of hydrogen-bond donors (Lipinski definition) is 2. The Morgan fingerprint density at radius 1 is 1.18 bits per heavy atom. The third-order valence-corrected chi connectivity index (χ3v) is 4.55. The van der Waals surface area contributed by atoms with Gasteiger partial charge in [0, 0.05) is 32.7 Å². The molecule has 5 nitrogen and oxygen atoms in total. The third-order valence-electron chi connectivity index (χ3n) is 4.55. The molecule has 2 rings (SSSR count). The SMILES string of the molecule is CC(C)(C)c1ccc(OCC(=O)NCC(N2CCNCC2)C(F)(F)F)cc1.Cl. The molecule has 160 valence electrons. The topological polar surface area (TPSA) is 53.6 Å². The van der Waals surface area contributed by atoms with E-state index in [0.29, 0.717) is 31.9 Å². The molecule has 0 spiro atoms. The van der Waals surface area contributed by atoms with Crippen molar-refractivity contribution in [3.8, 4) is 5.75 Å². The van der Waals surface area contributed by atoms with Gasteiger partial charge in [-0.15, -0.1) is 12.4 Å². The van der Waals surface area contributed by atoms with Gasteiger partial charge in [-0.2, -0.15) is 13.2 Å². The van der Waals surface area contributed by atoms with Gasteiger partial charge in [-0.05, 0) is 23.1 Å². The van der Waals surface area contributed by atoms with E-state index in [2.05, 4.69) is 31.4 Å². The summed E-state index contributed by atoms with van der Waals surface area (Å²) < 4.78 is 45.3. The third kappa shape index (κ3) is 7.48. The number of halogens is 4. The van der Waals surface area contributed by atoms with E-state index in [1.54, 1.807) is 12.1 Å². The van der Waals surface area contributed by atoms with Crippen LogP contribution in [0, 0.1) is 0 Å². The van der Waals surface area contributed by atoms with E-state index in [9.17, 15) is 18.0 Å². The van der Waals surface area contributed by atoms with Gasteiger partial charge in [0.15, 0.2) is 6.61 Å². The lowest BCUT2D eigenvalue weighted by atomic mass is 9.87. The van der Waals surface area contributed by atoms with Gasteiger partial charge in [0.05, 0.1) is 0 Å². The molecule has 0 radical (unpaired) electrons. The lowest BCUT2D eigenvalue weighted by Gasteiger charge is -2.35. The first-order valence-electron chi connectivity index (χ1n) is 9.09. The second-order valence-electron chi connectivity index (χ2n) is 7.71. The van der Waals surface area contributed by atoms with Crippen molar-refractivity contribution in [3.63, 3.8) is 0 Å². The standard InChI is InChI=1S/C19H28F3N3O2.ClH/c1-18(2,3)14-4-6-15(7-5-14)27-13-17(26)24-12-16(19(20,21)22)25-10-8-23-9-11-25;/h4-7,16,23H,8-13H2,1-3H3,(H,24,26);1H. The van der Waals surface area contributed by atoms with Crippen molar-refractivity contribution in [2.45, 2.75) is 38.4 Å². The normalized spacial score (nSPS) is 16.8. The van der Waals surface area contributed by atoms with Crippen molar-refractivity contribution in [2.24, 2.45) is 0 Å². The minimum Gasteiger partial charge on any atom is -0.484 e. The summed E-state index contributed by atoms with van der Waals surface area (Å²) >= 11 is 0. The number of ether oxygens (including phenoxy) is 1. The maximum atomic E-state index is 13.3. The lowest BCUT2D eigenvalue weighted by molar-refractivity contribution is -0.184. The number of carbonyl (C=O) groups is 1. The average Bonchev–Trinajstić information content (AvgIpc) is 2.59. The van der Waals surface area contributed by atoms with Crippen molar-refractivity contribution in [1.82, 2.24) is 15.5 Å². The first-order chi connectivity index (χ1) is 12.6. The molecule has 0 aromatic heterocycles. The van der Waals surface area contributed by atoms with E-state index < -0.39 is 24.7 Å². The summed E-state index contributed by atoms with van der Waals surface area (Å²) in [6.07, 6.45) is -4.39. The van der Waals surface area contributed by atoms with Crippen LogP contribution < -0.4 is 15.4 Å². The van der Waals surface area contributed by atoms with E-state index >= 15 is 0 Å². The zero-order valence-electron chi connectivity index (χ0n) is 16.4. The second-order valence-corrected chi connectivity index (χ2v) is 7.71. The zero-order chi connectivity index (χ0) is 20.1. The number of alkyl halides is 3. The van der Waals surface area contributed by atoms with E-state index in [4.69, 9.17) is 4.74 Å². The highest BCUT2D eigenvalue weighted by molar-refractivity contribution is 5.85. The molecule has 1 unspecified atom stereocenters. The van der Waals surface area contributed by atoms with Crippen LogP contribution in [0.5, 0.6) is 5.75 Å². The summed E-state index contributed by atoms with van der Waals surface area (Å²) in [5.41, 5.74) is 1.13. The van der Waals surface area contributed by atoms with Crippen molar-refractivity contribution in [2.75, 3.05) is 39.3 Å². The zero-order valence-corrected chi connectivity index (χ0v) is 17.3. The molecule has 1 atom stereocenters. The summed E-state index contributed by atoms with van der Waals surface area (Å²) in [4.78, 5) is 13.3. The van der Waals surface area contributed by atoms with Gasteiger partial charge < -0.3 is 15.4 Å². The average molecular weight is 424 g/mol. The Balaban J connectivity index is 0.00000392. The number of rotatable bonds is 6. The number of nitrogens with zero attached hydrogens (tertiary/aromatic N) is 1. The van der Waals surface area contributed by atoms with Gasteiger partial charge >= 0.3 is 6.18 Å². The van der Waals surface area contributed by atoms with Crippen LogP contribution in [-0.4, -0.2) is 62.4 Å². The van der Waals surface area contributed by atoms with Crippen molar-refractivity contribution >= 4 is 18.3 Å². The van der Waals surface area contributed by atoms with Crippen molar-refractivity contribution in [1.29, 1.82) is 0 Å². The number of benzene rings is 1. The summed E-state index contributed by atoms with van der Waals surface area (Å²) in [6, 6.07) is 5.66. The quantitative estimate of drug-likeness (QED) is 0.738. The van der Waals surface area contributed by atoms with Gasteiger partial charge in [0.1, 0.15) is 11.8 Å². The predicted octanol–water partition coefficient (Wildman–Crippen LogP) is 2.74. The van der Waals surface area contributed by atoms with Gasteiger partial charge in [-0.3, -0.25) is 9.69 Å². The summed E-state index contributed by atoms with van der Waals surface area (Å²) in [6.45, 7) is 7.09. The largest absolute Gasteiger partial charge is 0.484 e. The molecule has 1 aliphatic heterocycles. The van der Waals surface area contributed by atoms with Crippen LogP contribution in [0.1, 0.15) is 26.3 Å². The highest BCUT2D eigenvalue weighted by Crippen LogP contribution is 2.25. The Morgan fingerprint density at radius 3 is 2.25 bits per heavy atom. The fourth-order valence-electron chi connectivity index (χ4n) is 2.91. The molecular formula is C19H29ClF3N3O2. The number of piperazine rings is 1. The first-order valence-corrected chi connectivity index (χ1v) is 9.09. The molecule has 1 heterocycles. The van der Waals surface area contributed by atoms with E-state index in [1.807, 2.05) is 12.1 Å². The molecular weight excluding hydrogens is 395 g/mol. The van der Waals surface area contributed by atoms with Crippen LogP contribution in [0.2, 0.25) is 0 Å². The fourth-order valence-corrected chi connectivity index (χ4v) is 2.91. The summed E-state index contributed by atoms with van der Waals surface area (Å²) in [5, 5.41) is 5.37. The van der Waals surface area contributed by atoms with E-state index in [1.165, 1.54) is 4.90 Å². The van der Waals surface area contributed by atoms with Gasteiger partial charge in [-0.25, -0.2) is 0 Å². The fraction of sp³-hybridized carbons (Fsp3) is 0.632. The molecule has 28 heavy (non-hydrogen) atoms. The Bertz CT molecular complexity index is 612. The van der Waals surface area contributed by atoms with Crippen LogP contribution in [0.15, 0.2) is 24.3 Å². The van der Waals surface area contributed by atoms with Gasteiger partial charge in [-0.1, -0.05) is 32.9 Å².